The van der Waals surface area contributed by atoms with Gasteiger partial charge < -0.3 is 10.1 Å². The average Bonchev–Trinajstić information content (AvgIpc) is 2.74. The van der Waals surface area contributed by atoms with E-state index >= 15 is 0 Å². The van der Waals surface area contributed by atoms with Crippen LogP contribution in [0.2, 0.25) is 0 Å². The number of carbonyl (C=O) groups is 1. The second-order valence-corrected chi connectivity index (χ2v) is 10.9. The van der Waals surface area contributed by atoms with Crippen LogP contribution < -0.4 is 10.1 Å². The van der Waals surface area contributed by atoms with Crippen molar-refractivity contribution >= 4 is 15.7 Å². The van der Waals surface area contributed by atoms with E-state index in [1.54, 1.807) is 18.3 Å². The Balaban J connectivity index is 1.41. The molecule has 0 bridgehead atoms. The van der Waals surface area contributed by atoms with Crippen LogP contribution in [0.1, 0.15) is 44.2 Å². The molecule has 2 heterocycles. The van der Waals surface area contributed by atoms with E-state index in [4.69, 9.17) is 4.74 Å². The number of pyridine rings is 1. The van der Waals surface area contributed by atoms with Gasteiger partial charge in [0.25, 0.3) is 0 Å². The Morgan fingerprint density at radius 3 is 2.34 bits per heavy atom. The Hall–Kier alpha value is -2.45. The molecule has 1 aliphatic rings. The summed E-state index contributed by atoms with van der Waals surface area (Å²) in [4.78, 5) is 18.9. The third-order valence-corrected chi connectivity index (χ3v) is 6.59. The van der Waals surface area contributed by atoms with Crippen LogP contribution in [0.15, 0.2) is 47.5 Å². The maximum atomic E-state index is 11.8. The van der Waals surface area contributed by atoms with Gasteiger partial charge in [-0.15, -0.1) is 0 Å². The van der Waals surface area contributed by atoms with Crippen LogP contribution in [0, 0.1) is 5.92 Å². The van der Waals surface area contributed by atoms with Crippen LogP contribution in [-0.4, -0.2) is 49.7 Å². The van der Waals surface area contributed by atoms with E-state index in [1.165, 1.54) is 6.26 Å². The lowest BCUT2D eigenvalue weighted by Crippen LogP contribution is -2.37. The summed E-state index contributed by atoms with van der Waals surface area (Å²) in [5, 5.41) is 2.91. The van der Waals surface area contributed by atoms with Gasteiger partial charge in [0, 0.05) is 51.1 Å². The van der Waals surface area contributed by atoms with Crippen molar-refractivity contribution in [2.24, 2.45) is 5.92 Å². The first-order valence-corrected chi connectivity index (χ1v) is 13.0. The fourth-order valence-electron chi connectivity index (χ4n) is 3.69. The summed E-state index contributed by atoms with van der Waals surface area (Å²) < 4.78 is 29.2. The van der Waals surface area contributed by atoms with E-state index in [0.717, 1.165) is 43.6 Å². The fourth-order valence-corrected chi connectivity index (χ4v) is 4.32. The van der Waals surface area contributed by atoms with E-state index in [2.05, 4.69) is 15.2 Å². The van der Waals surface area contributed by atoms with Crippen LogP contribution in [0.5, 0.6) is 5.88 Å². The van der Waals surface area contributed by atoms with Gasteiger partial charge in [0.2, 0.25) is 11.8 Å². The summed E-state index contributed by atoms with van der Waals surface area (Å²) >= 11 is 0. The van der Waals surface area contributed by atoms with Crippen molar-refractivity contribution in [1.29, 1.82) is 0 Å². The molecule has 174 valence electrons. The van der Waals surface area contributed by atoms with Gasteiger partial charge in [-0.1, -0.05) is 32.0 Å². The molecule has 2 aromatic rings. The molecule has 1 amide bonds. The van der Waals surface area contributed by atoms with E-state index in [0.29, 0.717) is 29.7 Å². The Labute approximate surface area is 191 Å². The van der Waals surface area contributed by atoms with Crippen molar-refractivity contribution in [1.82, 2.24) is 15.2 Å². The Bertz CT molecular complexity index is 981. The minimum absolute atomic E-state index is 0.0541. The largest absolute Gasteiger partial charge is 0.474 e. The van der Waals surface area contributed by atoms with Crippen LogP contribution in [0.25, 0.3) is 0 Å². The van der Waals surface area contributed by atoms with E-state index in [9.17, 15) is 13.2 Å². The lowest BCUT2D eigenvalue weighted by molar-refractivity contribution is -0.121. The number of amides is 1. The molecule has 0 spiro atoms. The van der Waals surface area contributed by atoms with Crippen molar-refractivity contribution in [3.05, 3.63) is 53.7 Å². The van der Waals surface area contributed by atoms with Gasteiger partial charge in [0.15, 0.2) is 9.84 Å². The van der Waals surface area contributed by atoms with Gasteiger partial charge in [-0.3, -0.25) is 9.69 Å². The van der Waals surface area contributed by atoms with Crippen molar-refractivity contribution in [3.8, 4) is 5.88 Å². The SMILES string of the molecule is CC(C)CC(=O)NCc1ccc(OC2CCN(Cc3ccc(S(C)(=O)=O)cc3)CC2)nc1. The molecule has 1 N–H and O–H groups in total. The van der Waals surface area contributed by atoms with Gasteiger partial charge in [-0.05, 0) is 42.0 Å². The third kappa shape index (κ3) is 7.60. The number of nitrogens with zero attached hydrogens (tertiary/aromatic N) is 2. The topological polar surface area (TPSA) is 88.6 Å². The van der Waals surface area contributed by atoms with Crippen LogP contribution >= 0.6 is 0 Å². The number of sulfone groups is 1. The number of hydrogen-bond donors (Lipinski definition) is 1. The highest BCUT2D eigenvalue weighted by molar-refractivity contribution is 7.90. The molecular formula is C24H33N3O4S. The summed E-state index contributed by atoms with van der Waals surface area (Å²) in [7, 11) is -3.16. The number of rotatable bonds is 9. The Morgan fingerprint density at radius 2 is 1.78 bits per heavy atom. The standard InChI is InChI=1S/C24H33N3O4S/c1-18(2)14-23(28)25-15-20-6-9-24(26-16-20)31-21-10-12-27(13-11-21)17-19-4-7-22(8-5-19)32(3,29)30/h4-9,16,18,21H,10-15,17H2,1-3H3,(H,25,28). The zero-order valence-corrected chi connectivity index (χ0v) is 19.9. The average molecular weight is 460 g/mol. The fraction of sp³-hybridized carbons (Fsp3) is 0.500. The summed E-state index contributed by atoms with van der Waals surface area (Å²) in [5.41, 5.74) is 2.06. The summed E-state index contributed by atoms with van der Waals surface area (Å²) in [6.45, 7) is 7.15. The normalized spacial score (nSPS) is 15.6. The molecular weight excluding hydrogens is 426 g/mol. The molecule has 1 fully saturated rings. The minimum atomic E-state index is -3.16. The summed E-state index contributed by atoms with van der Waals surface area (Å²) in [6, 6.07) is 10.9. The van der Waals surface area contributed by atoms with Crippen LogP contribution in [-0.2, 0) is 27.7 Å². The van der Waals surface area contributed by atoms with Crippen LogP contribution in [0.4, 0.5) is 0 Å². The monoisotopic (exact) mass is 459 g/mol. The Morgan fingerprint density at radius 1 is 1.12 bits per heavy atom. The number of ether oxygens (including phenoxy) is 1. The summed E-state index contributed by atoms with van der Waals surface area (Å²) in [6.07, 6.45) is 5.45. The first-order chi connectivity index (χ1) is 15.2. The number of carbonyl (C=O) groups excluding carboxylic acids is 1. The highest BCUT2D eigenvalue weighted by atomic mass is 32.2. The molecule has 8 heteroatoms. The van der Waals surface area contributed by atoms with Gasteiger partial charge in [-0.2, -0.15) is 0 Å². The maximum absolute atomic E-state index is 11.8. The zero-order chi connectivity index (χ0) is 23.1. The molecule has 0 radical (unpaired) electrons. The molecule has 0 saturated carbocycles. The maximum Gasteiger partial charge on any atom is 0.220 e. The highest BCUT2D eigenvalue weighted by Gasteiger charge is 2.21. The van der Waals surface area contributed by atoms with E-state index in [1.807, 2.05) is 38.1 Å². The van der Waals surface area contributed by atoms with Crippen molar-refractivity contribution in [2.45, 2.75) is 57.2 Å². The van der Waals surface area contributed by atoms with E-state index in [-0.39, 0.29) is 12.0 Å². The molecule has 0 aliphatic carbocycles. The van der Waals surface area contributed by atoms with E-state index < -0.39 is 9.84 Å². The molecule has 1 aromatic heterocycles. The third-order valence-electron chi connectivity index (χ3n) is 5.46. The molecule has 0 atom stereocenters. The predicted molar refractivity (Wildman–Crippen MR) is 124 cm³/mol. The van der Waals surface area contributed by atoms with Gasteiger partial charge in [0.05, 0.1) is 4.90 Å². The van der Waals surface area contributed by atoms with Gasteiger partial charge in [-0.25, -0.2) is 13.4 Å². The number of piperidine rings is 1. The number of hydrogen-bond acceptors (Lipinski definition) is 6. The van der Waals surface area contributed by atoms with Crippen LogP contribution in [0.3, 0.4) is 0 Å². The Kier molecular flexibility index (Phi) is 8.26. The molecule has 1 aliphatic heterocycles. The molecule has 1 saturated heterocycles. The van der Waals surface area contributed by atoms with Gasteiger partial charge >= 0.3 is 0 Å². The smallest absolute Gasteiger partial charge is 0.220 e. The number of nitrogens with one attached hydrogen (secondary N) is 1. The minimum Gasteiger partial charge on any atom is -0.474 e. The second-order valence-electron chi connectivity index (χ2n) is 8.89. The van der Waals surface area contributed by atoms with Gasteiger partial charge in [0.1, 0.15) is 6.10 Å². The molecule has 32 heavy (non-hydrogen) atoms. The lowest BCUT2D eigenvalue weighted by Gasteiger charge is -2.31. The lowest BCUT2D eigenvalue weighted by atomic mass is 10.1. The highest BCUT2D eigenvalue weighted by Crippen LogP contribution is 2.20. The summed E-state index contributed by atoms with van der Waals surface area (Å²) in [5.74, 6) is 1.01. The number of likely N-dealkylation sites (tertiary alicyclic amines) is 1. The zero-order valence-electron chi connectivity index (χ0n) is 19.1. The van der Waals surface area contributed by atoms with Crippen molar-refractivity contribution in [3.63, 3.8) is 0 Å². The first-order valence-electron chi connectivity index (χ1n) is 11.1. The predicted octanol–water partition coefficient (Wildman–Crippen LogP) is 3.19. The quantitative estimate of drug-likeness (QED) is 0.620. The van der Waals surface area contributed by atoms with Crippen molar-refractivity contribution in [2.75, 3.05) is 19.3 Å². The number of benzene rings is 1. The molecule has 0 unspecified atom stereocenters. The van der Waals surface area contributed by atoms with Crippen molar-refractivity contribution < 1.29 is 17.9 Å². The first kappa shape index (κ1) is 24.2. The molecule has 7 nitrogen and oxygen atoms in total. The molecule has 3 rings (SSSR count). The number of aromatic nitrogens is 1. The molecule has 1 aromatic carbocycles. The second kappa shape index (κ2) is 10.9.